The van der Waals surface area contributed by atoms with E-state index in [4.69, 9.17) is 0 Å². The van der Waals surface area contributed by atoms with Gasteiger partial charge in [0.1, 0.15) is 5.82 Å². The van der Waals surface area contributed by atoms with E-state index in [0.29, 0.717) is 22.7 Å². The third kappa shape index (κ3) is 4.32. The van der Waals surface area contributed by atoms with Crippen LogP contribution >= 0.6 is 11.8 Å². The highest BCUT2D eigenvalue weighted by atomic mass is 32.2. The van der Waals surface area contributed by atoms with E-state index < -0.39 is 0 Å². The van der Waals surface area contributed by atoms with Crippen molar-refractivity contribution >= 4 is 35.0 Å². The molecule has 3 aromatic rings. The molecular formula is C23H19FN2O2S. The highest BCUT2D eigenvalue weighted by molar-refractivity contribution is 8.00. The van der Waals surface area contributed by atoms with Gasteiger partial charge in [0.25, 0.3) is 5.91 Å². The lowest BCUT2D eigenvalue weighted by molar-refractivity contribution is -0.113. The Balaban J connectivity index is 1.36. The van der Waals surface area contributed by atoms with Crippen molar-refractivity contribution in [1.29, 1.82) is 0 Å². The molecule has 0 saturated carbocycles. The van der Waals surface area contributed by atoms with Crippen molar-refractivity contribution in [2.75, 3.05) is 22.5 Å². The van der Waals surface area contributed by atoms with Gasteiger partial charge in [0.15, 0.2) is 0 Å². The fraction of sp³-hybridized carbons (Fsp3) is 0.130. The molecule has 0 bridgehead atoms. The van der Waals surface area contributed by atoms with Crippen molar-refractivity contribution in [2.24, 2.45) is 0 Å². The molecule has 29 heavy (non-hydrogen) atoms. The van der Waals surface area contributed by atoms with Gasteiger partial charge in [0.2, 0.25) is 5.91 Å². The van der Waals surface area contributed by atoms with Crippen LogP contribution in [0.2, 0.25) is 0 Å². The number of rotatable bonds is 5. The lowest BCUT2D eigenvalue weighted by atomic mass is 10.1. The Morgan fingerprint density at radius 1 is 0.966 bits per heavy atom. The number of carbonyl (C=O) groups is 2. The molecule has 3 aromatic carbocycles. The molecule has 0 fully saturated rings. The second-order valence-electron chi connectivity index (χ2n) is 6.68. The van der Waals surface area contributed by atoms with Crippen LogP contribution in [0.1, 0.15) is 15.9 Å². The first-order valence-corrected chi connectivity index (χ1v) is 10.3. The Morgan fingerprint density at radius 2 is 1.69 bits per heavy atom. The molecule has 0 atom stereocenters. The molecule has 2 amide bonds. The van der Waals surface area contributed by atoms with Gasteiger partial charge >= 0.3 is 0 Å². The summed E-state index contributed by atoms with van der Waals surface area (Å²) in [5.74, 6) is -0.517. The summed E-state index contributed by atoms with van der Waals surface area (Å²) in [6.07, 6.45) is 0.857. The third-order valence-corrected chi connectivity index (χ3v) is 5.79. The molecule has 0 unspecified atom stereocenters. The number of nitrogens with zero attached hydrogens (tertiary/aromatic N) is 1. The third-order valence-electron chi connectivity index (χ3n) is 4.74. The maximum Gasteiger partial charge on any atom is 0.258 e. The average Bonchev–Trinajstić information content (AvgIpc) is 3.17. The molecule has 1 heterocycles. The van der Waals surface area contributed by atoms with Crippen molar-refractivity contribution in [3.05, 3.63) is 89.7 Å². The van der Waals surface area contributed by atoms with Crippen LogP contribution in [0.5, 0.6) is 0 Å². The Labute approximate surface area is 172 Å². The minimum Gasteiger partial charge on any atom is -0.325 e. The summed E-state index contributed by atoms with van der Waals surface area (Å²) in [6, 6.07) is 21.1. The number of fused-ring (bicyclic) bond motifs is 1. The summed E-state index contributed by atoms with van der Waals surface area (Å²) in [6.45, 7) is 0.671. The number of hydrogen-bond donors (Lipinski definition) is 1. The highest BCUT2D eigenvalue weighted by Crippen LogP contribution is 2.29. The average molecular weight is 406 g/mol. The molecule has 0 spiro atoms. The first-order chi connectivity index (χ1) is 14.1. The highest BCUT2D eigenvalue weighted by Gasteiger charge is 2.25. The number of hydrogen-bond acceptors (Lipinski definition) is 3. The lowest BCUT2D eigenvalue weighted by Crippen LogP contribution is -2.28. The van der Waals surface area contributed by atoms with Gasteiger partial charge in [-0.15, -0.1) is 11.8 Å². The van der Waals surface area contributed by atoms with E-state index >= 15 is 0 Å². The molecule has 146 valence electrons. The first kappa shape index (κ1) is 19.2. The van der Waals surface area contributed by atoms with Crippen LogP contribution < -0.4 is 10.2 Å². The molecule has 1 aliphatic heterocycles. The van der Waals surface area contributed by atoms with Gasteiger partial charge in [-0.3, -0.25) is 9.59 Å². The normalized spacial score (nSPS) is 12.5. The topological polar surface area (TPSA) is 49.4 Å². The molecule has 6 heteroatoms. The van der Waals surface area contributed by atoms with E-state index in [2.05, 4.69) is 5.32 Å². The lowest BCUT2D eigenvalue weighted by Gasteiger charge is -2.17. The number of nitrogens with one attached hydrogen (secondary N) is 1. The summed E-state index contributed by atoms with van der Waals surface area (Å²) < 4.78 is 13.6. The standard InChI is InChI=1S/C23H19FN2O2S/c24-19-6-2-4-8-21(19)29-15-22(27)25-18-11-9-17(10-12-18)23(28)26-14-13-16-5-1-3-7-20(16)26/h1-12H,13-15H2,(H,25,27). The molecule has 4 rings (SSSR count). The van der Waals surface area contributed by atoms with E-state index in [1.54, 1.807) is 47.4 Å². The molecule has 1 N–H and O–H groups in total. The van der Waals surface area contributed by atoms with Crippen LogP contribution in [0.3, 0.4) is 0 Å². The number of anilines is 2. The van der Waals surface area contributed by atoms with Gasteiger partial charge in [-0.25, -0.2) is 4.39 Å². The quantitative estimate of drug-likeness (QED) is 0.622. The number of thioether (sulfide) groups is 1. The monoisotopic (exact) mass is 406 g/mol. The van der Waals surface area contributed by atoms with E-state index in [-0.39, 0.29) is 23.4 Å². The number of para-hydroxylation sites is 1. The van der Waals surface area contributed by atoms with Crippen molar-refractivity contribution in [1.82, 2.24) is 0 Å². The molecular weight excluding hydrogens is 387 g/mol. The minimum absolute atomic E-state index is 0.0528. The smallest absolute Gasteiger partial charge is 0.258 e. The summed E-state index contributed by atoms with van der Waals surface area (Å²) in [5, 5.41) is 2.78. The van der Waals surface area contributed by atoms with Crippen LogP contribution in [-0.4, -0.2) is 24.1 Å². The molecule has 0 radical (unpaired) electrons. The zero-order valence-electron chi connectivity index (χ0n) is 15.6. The Morgan fingerprint density at radius 3 is 2.48 bits per heavy atom. The van der Waals surface area contributed by atoms with Crippen molar-refractivity contribution in [2.45, 2.75) is 11.3 Å². The summed E-state index contributed by atoms with van der Waals surface area (Å²) in [5.41, 5.74) is 3.31. The number of benzene rings is 3. The fourth-order valence-electron chi connectivity index (χ4n) is 3.30. The predicted molar refractivity (Wildman–Crippen MR) is 114 cm³/mol. The molecule has 0 saturated heterocycles. The first-order valence-electron chi connectivity index (χ1n) is 9.29. The van der Waals surface area contributed by atoms with Crippen LogP contribution in [0.4, 0.5) is 15.8 Å². The Hall–Kier alpha value is -3.12. The molecule has 0 aliphatic carbocycles. The zero-order chi connectivity index (χ0) is 20.2. The van der Waals surface area contributed by atoms with Gasteiger partial charge in [-0.2, -0.15) is 0 Å². The zero-order valence-corrected chi connectivity index (χ0v) is 16.4. The summed E-state index contributed by atoms with van der Waals surface area (Å²) >= 11 is 1.14. The van der Waals surface area contributed by atoms with E-state index in [1.165, 1.54) is 11.6 Å². The van der Waals surface area contributed by atoms with Crippen molar-refractivity contribution in [3.63, 3.8) is 0 Å². The molecule has 0 aromatic heterocycles. The van der Waals surface area contributed by atoms with Gasteiger partial charge in [0.05, 0.1) is 5.75 Å². The minimum atomic E-state index is -0.336. The summed E-state index contributed by atoms with van der Waals surface area (Å²) in [7, 11) is 0. The van der Waals surface area contributed by atoms with Crippen molar-refractivity contribution in [3.8, 4) is 0 Å². The van der Waals surface area contributed by atoms with Crippen molar-refractivity contribution < 1.29 is 14.0 Å². The second-order valence-corrected chi connectivity index (χ2v) is 7.70. The molecule has 4 nitrogen and oxygen atoms in total. The maximum atomic E-state index is 13.6. The van der Waals surface area contributed by atoms with E-state index in [0.717, 1.165) is 23.9 Å². The van der Waals surface area contributed by atoms with Gasteiger partial charge < -0.3 is 10.2 Å². The largest absolute Gasteiger partial charge is 0.325 e. The Bertz CT molecular complexity index is 1050. The predicted octanol–water partition coefficient (Wildman–Crippen LogP) is 4.76. The Kier molecular flexibility index (Phi) is 5.62. The summed E-state index contributed by atoms with van der Waals surface area (Å²) in [4.78, 5) is 27.2. The second kappa shape index (κ2) is 8.49. The van der Waals surface area contributed by atoms with Gasteiger partial charge in [0, 0.05) is 28.4 Å². The number of amides is 2. The van der Waals surface area contributed by atoms with Crippen LogP contribution in [-0.2, 0) is 11.2 Å². The number of halogens is 1. The maximum absolute atomic E-state index is 13.6. The molecule has 1 aliphatic rings. The van der Waals surface area contributed by atoms with E-state index in [9.17, 15) is 14.0 Å². The van der Waals surface area contributed by atoms with Gasteiger partial charge in [-0.05, 0) is 54.4 Å². The van der Waals surface area contributed by atoms with Crippen LogP contribution in [0.15, 0.2) is 77.7 Å². The van der Waals surface area contributed by atoms with Crippen LogP contribution in [0, 0.1) is 5.82 Å². The fourth-order valence-corrected chi connectivity index (χ4v) is 4.04. The van der Waals surface area contributed by atoms with Crippen LogP contribution in [0.25, 0.3) is 0 Å². The van der Waals surface area contributed by atoms with E-state index in [1.807, 2.05) is 24.3 Å². The SMILES string of the molecule is O=C(CSc1ccccc1F)Nc1ccc(C(=O)N2CCc3ccccc32)cc1. The number of carbonyl (C=O) groups excluding carboxylic acids is 2. The van der Waals surface area contributed by atoms with Gasteiger partial charge in [-0.1, -0.05) is 30.3 Å².